The first-order valence-electron chi connectivity index (χ1n) is 5.67. The Bertz CT molecular complexity index is 552. The highest BCUT2D eigenvalue weighted by atomic mass is 79.9. The molecule has 0 spiro atoms. The molecule has 0 fully saturated rings. The van der Waals surface area contributed by atoms with Gasteiger partial charge in [-0.1, -0.05) is 17.7 Å². The lowest BCUT2D eigenvalue weighted by Crippen LogP contribution is -2.02. The van der Waals surface area contributed by atoms with Crippen LogP contribution in [-0.4, -0.2) is 4.98 Å². The minimum atomic E-state index is 0.679. The van der Waals surface area contributed by atoms with Gasteiger partial charge in [-0.05, 0) is 59.1 Å². The third kappa shape index (κ3) is 3.24. The van der Waals surface area contributed by atoms with Crippen molar-refractivity contribution in [2.24, 2.45) is 0 Å². The quantitative estimate of drug-likeness (QED) is 0.882. The molecule has 18 heavy (non-hydrogen) atoms. The summed E-state index contributed by atoms with van der Waals surface area (Å²) in [5.74, 6) is 0. The van der Waals surface area contributed by atoms with E-state index in [0.717, 1.165) is 26.4 Å². The summed E-state index contributed by atoms with van der Waals surface area (Å²) in [5, 5.41) is 4.08. The van der Waals surface area contributed by atoms with E-state index in [2.05, 4.69) is 32.3 Å². The molecule has 0 amide bonds. The van der Waals surface area contributed by atoms with Crippen molar-refractivity contribution >= 4 is 33.2 Å². The van der Waals surface area contributed by atoms with Gasteiger partial charge in [-0.25, -0.2) is 0 Å². The zero-order chi connectivity index (χ0) is 13.1. The molecule has 0 bridgehead atoms. The van der Waals surface area contributed by atoms with Crippen molar-refractivity contribution in [1.29, 1.82) is 0 Å². The van der Waals surface area contributed by atoms with Gasteiger partial charge in [0.25, 0.3) is 0 Å². The van der Waals surface area contributed by atoms with Gasteiger partial charge in [0.2, 0.25) is 0 Å². The number of nitrogens with zero attached hydrogens (tertiary/aromatic N) is 1. The highest BCUT2D eigenvalue weighted by molar-refractivity contribution is 9.10. The Labute approximate surface area is 121 Å². The van der Waals surface area contributed by atoms with Crippen LogP contribution in [0.15, 0.2) is 34.9 Å². The molecule has 0 aliphatic heterocycles. The maximum absolute atomic E-state index is 6.11. The van der Waals surface area contributed by atoms with Gasteiger partial charge in [-0.15, -0.1) is 0 Å². The highest BCUT2D eigenvalue weighted by Gasteiger charge is 2.04. The molecule has 0 unspecified atom stereocenters. The summed E-state index contributed by atoms with van der Waals surface area (Å²) in [7, 11) is 0. The largest absolute Gasteiger partial charge is 0.378 e. The van der Waals surface area contributed by atoms with Gasteiger partial charge < -0.3 is 5.32 Å². The number of hydrogen-bond acceptors (Lipinski definition) is 2. The summed E-state index contributed by atoms with van der Waals surface area (Å²) in [5.41, 5.74) is 4.21. The maximum atomic E-state index is 6.11. The van der Waals surface area contributed by atoms with Crippen LogP contribution in [0.1, 0.15) is 16.8 Å². The molecule has 4 heteroatoms. The van der Waals surface area contributed by atoms with Crippen LogP contribution in [0.3, 0.4) is 0 Å². The van der Waals surface area contributed by atoms with E-state index in [-0.39, 0.29) is 0 Å². The fraction of sp³-hybridized carbons (Fsp3) is 0.214. The van der Waals surface area contributed by atoms with E-state index in [0.29, 0.717) is 6.54 Å². The van der Waals surface area contributed by atoms with Crippen molar-refractivity contribution in [3.8, 4) is 0 Å². The molecule has 0 saturated heterocycles. The summed E-state index contributed by atoms with van der Waals surface area (Å²) in [6, 6.07) is 8.01. The van der Waals surface area contributed by atoms with Gasteiger partial charge in [-0.3, -0.25) is 4.98 Å². The fourth-order valence-corrected chi connectivity index (χ4v) is 2.33. The van der Waals surface area contributed by atoms with Crippen LogP contribution >= 0.6 is 27.5 Å². The molecule has 1 aromatic heterocycles. The Hall–Kier alpha value is -1.06. The van der Waals surface area contributed by atoms with E-state index in [4.69, 9.17) is 11.6 Å². The summed E-state index contributed by atoms with van der Waals surface area (Å²) >= 11 is 9.64. The molecule has 0 radical (unpaired) electrons. The first-order chi connectivity index (χ1) is 8.56. The SMILES string of the molecule is Cc1ccc(CNc2cc(Cl)c(C)cc2Br)nc1. The van der Waals surface area contributed by atoms with E-state index in [1.165, 1.54) is 5.56 Å². The molecule has 1 aromatic carbocycles. The van der Waals surface area contributed by atoms with Crippen molar-refractivity contribution in [3.05, 3.63) is 56.8 Å². The molecule has 2 aromatic rings. The molecule has 2 rings (SSSR count). The van der Waals surface area contributed by atoms with Gasteiger partial charge in [0.1, 0.15) is 0 Å². The van der Waals surface area contributed by atoms with Gasteiger partial charge in [0, 0.05) is 15.7 Å². The number of nitrogens with one attached hydrogen (secondary N) is 1. The van der Waals surface area contributed by atoms with Gasteiger partial charge in [0.05, 0.1) is 17.9 Å². The number of aryl methyl sites for hydroxylation is 2. The van der Waals surface area contributed by atoms with Crippen molar-refractivity contribution in [2.45, 2.75) is 20.4 Å². The second kappa shape index (κ2) is 5.72. The van der Waals surface area contributed by atoms with Gasteiger partial charge >= 0.3 is 0 Å². The Morgan fingerprint density at radius 3 is 2.72 bits per heavy atom. The highest BCUT2D eigenvalue weighted by Crippen LogP contribution is 2.29. The summed E-state index contributed by atoms with van der Waals surface area (Å²) in [6.45, 7) is 4.69. The molecule has 0 aliphatic rings. The second-order valence-electron chi connectivity index (χ2n) is 4.26. The Morgan fingerprint density at radius 1 is 1.28 bits per heavy atom. The van der Waals surface area contributed by atoms with Crippen LogP contribution in [0.2, 0.25) is 5.02 Å². The monoisotopic (exact) mass is 324 g/mol. The standard InChI is InChI=1S/C14H14BrClN2/c1-9-3-4-11(17-7-9)8-18-14-6-13(16)10(2)5-12(14)15/h3-7,18H,8H2,1-2H3. The number of halogens is 2. The van der Waals surface area contributed by atoms with E-state index < -0.39 is 0 Å². The van der Waals surface area contributed by atoms with Crippen LogP contribution in [0.25, 0.3) is 0 Å². The predicted molar refractivity (Wildman–Crippen MR) is 80.2 cm³/mol. The molecule has 1 heterocycles. The van der Waals surface area contributed by atoms with E-state index >= 15 is 0 Å². The minimum absolute atomic E-state index is 0.679. The molecule has 1 N–H and O–H groups in total. The van der Waals surface area contributed by atoms with Crippen LogP contribution in [0.4, 0.5) is 5.69 Å². The van der Waals surface area contributed by atoms with Gasteiger partial charge in [-0.2, -0.15) is 0 Å². The lowest BCUT2D eigenvalue weighted by molar-refractivity contribution is 1.03. The Kier molecular flexibility index (Phi) is 4.25. The minimum Gasteiger partial charge on any atom is -0.378 e. The topological polar surface area (TPSA) is 24.9 Å². The zero-order valence-corrected chi connectivity index (χ0v) is 12.6. The van der Waals surface area contributed by atoms with Gasteiger partial charge in [0.15, 0.2) is 0 Å². The number of aromatic nitrogens is 1. The third-order valence-electron chi connectivity index (χ3n) is 2.68. The molecular weight excluding hydrogens is 312 g/mol. The number of rotatable bonds is 3. The molecule has 94 valence electrons. The predicted octanol–water partition coefficient (Wildman–Crippen LogP) is 4.73. The molecular formula is C14H14BrClN2. The van der Waals surface area contributed by atoms with Crippen LogP contribution in [0, 0.1) is 13.8 Å². The van der Waals surface area contributed by atoms with Crippen molar-refractivity contribution < 1.29 is 0 Å². The Morgan fingerprint density at radius 2 is 2.06 bits per heavy atom. The smallest absolute Gasteiger partial charge is 0.0594 e. The summed E-state index contributed by atoms with van der Waals surface area (Å²) in [6.07, 6.45) is 1.87. The van der Waals surface area contributed by atoms with E-state index in [1.807, 2.05) is 38.2 Å². The lowest BCUT2D eigenvalue weighted by atomic mass is 10.2. The average Bonchev–Trinajstić information content (AvgIpc) is 2.34. The molecule has 0 atom stereocenters. The Balaban J connectivity index is 2.10. The van der Waals surface area contributed by atoms with Crippen molar-refractivity contribution in [1.82, 2.24) is 4.98 Å². The number of hydrogen-bond donors (Lipinski definition) is 1. The summed E-state index contributed by atoms with van der Waals surface area (Å²) < 4.78 is 1.01. The van der Waals surface area contributed by atoms with Crippen molar-refractivity contribution in [2.75, 3.05) is 5.32 Å². The van der Waals surface area contributed by atoms with Crippen LogP contribution in [-0.2, 0) is 6.54 Å². The number of benzene rings is 1. The normalized spacial score (nSPS) is 10.4. The molecule has 0 aliphatic carbocycles. The first-order valence-corrected chi connectivity index (χ1v) is 6.84. The average molecular weight is 326 g/mol. The number of anilines is 1. The van der Waals surface area contributed by atoms with E-state index in [1.54, 1.807) is 0 Å². The fourth-order valence-electron chi connectivity index (χ4n) is 1.57. The van der Waals surface area contributed by atoms with Crippen LogP contribution < -0.4 is 5.32 Å². The zero-order valence-electron chi connectivity index (χ0n) is 10.3. The second-order valence-corrected chi connectivity index (χ2v) is 5.52. The molecule has 0 saturated carbocycles. The number of pyridine rings is 1. The lowest BCUT2D eigenvalue weighted by Gasteiger charge is -2.10. The molecule has 2 nitrogen and oxygen atoms in total. The third-order valence-corrected chi connectivity index (χ3v) is 3.74. The van der Waals surface area contributed by atoms with Crippen LogP contribution in [0.5, 0.6) is 0 Å². The maximum Gasteiger partial charge on any atom is 0.0594 e. The van der Waals surface area contributed by atoms with Crippen molar-refractivity contribution in [3.63, 3.8) is 0 Å². The summed E-state index contributed by atoms with van der Waals surface area (Å²) in [4.78, 5) is 4.35. The first kappa shape index (κ1) is 13.4. The van der Waals surface area contributed by atoms with E-state index in [9.17, 15) is 0 Å².